The molecule has 1 saturated carbocycles. The first-order chi connectivity index (χ1) is 15.8. The minimum absolute atomic E-state index is 0.0561. The van der Waals surface area contributed by atoms with Crippen LogP contribution in [0.4, 0.5) is 0 Å². The van der Waals surface area contributed by atoms with Crippen molar-refractivity contribution in [3.8, 4) is 17.6 Å². The van der Waals surface area contributed by atoms with Gasteiger partial charge in [-0.25, -0.2) is 4.79 Å². The SMILES string of the molecule is CCCOC(=O)/C(Cl)=C/[C@H]1[C@@H](C(=O)O[C@H](C#N)c2cccc(Oc3ccccc3)c2)C1(C)C. The molecule has 0 saturated heterocycles. The van der Waals surface area contributed by atoms with Crippen molar-refractivity contribution in [3.63, 3.8) is 0 Å². The highest BCUT2D eigenvalue weighted by Crippen LogP contribution is 2.60. The highest BCUT2D eigenvalue weighted by molar-refractivity contribution is 6.41. The fourth-order valence-corrected chi connectivity index (χ4v) is 3.84. The fraction of sp³-hybridized carbons (Fsp3) is 0.346. The van der Waals surface area contributed by atoms with Crippen LogP contribution in [0.5, 0.6) is 11.5 Å². The number of allylic oxidation sites excluding steroid dienone is 1. The first-order valence-corrected chi connectivity index (χ1v) is 11.1. The molecule has 172 valence electrons. The second kappa shape index (κ2) is 10.5. The number of nitrogens with zero attached hydrogens (tertiary/aromatic N) is 1. The van der Waals surface area contributed by atoms with Crippen molar-refractivity contribution < 1.29 is 23.8 Å². The maximum absolute atomic E-state index is 12.9. The third-order valence-corrected chi connectivity index (χ3v) is 5.89. The van der Waals surface area contributed by atoms with Gasteiger partial charge in [0.2, 0.25) is 6.10 Å². The Labute approximate surface area is 198 Å². The van der Waals surface area contributed by atoms with Crippen LogP contribution in [0.1, 0.15) is 38.9 Å². The van der Waals surface area contributed by atoms with Gasteiger partial charge in [-0.2, -0.15) is 5.26 Å². The van der Waals surface area contributed by atoms with Gasteiger partial charge in [0.25, 0.3) is 0 Å². The number of esters is 2. The number of nitriles is 1. The van der Waals surface area contributed by atoms with Gasteiger partial charge in [0.15, 0.2) is 0 Å². The van der Waals surface area contributed by atoms with E-state index in [0.717, 1.165) is 0 Å². The maximum Gasteiger partial charge on any atom is 0.349 e. The van der Waals surface area contributed by atoms with E-state index in [1.807, 2.05) is 57.2 Å². The Morgan fingerprint density at radius 3 is 2.52 bits per heavy atom. The van der Waals surface area contributed by atoms with E-state index in [-0.39, 0.29) is 17.6 Å². The zero-order valence-electron chi connectivity index (χ0n) is 18.8. The topological polar surface area (TPSA) is 85.6 Å². The van der Waals surface area contributed by atoms with E-state index in [9.17, 15) is 14.9 Å². The molecule has 2 aromatic carbocycles. The lowest BCUT2D eigenvalue weighted by molar-refractivity contribution is -0.149. The van der Waals surface area contributed by atoms with E-state index in [1.54, 1.807) is 30.3 Å². The first kappa shape index (κ1) is 24.3. The highest BCUT2D eigenvalue weighted by Gasteiger charge is 2.62. The summed E-state index contributed by atoms with van der Waals surface area (Å²) >= 11 is 6.08. The van der Waals surface area contributed by atoms with Gasteiger partial charge in [-0.05, 0) is 42.0 Å². The molecule has 0 amide bonds. The summed E-state index contributed by atoms with van der Waals surface area (Å²) in [7, 11) is 0. The van der Waals surface area contributed by atoms with Crippen LogP contribution in [-0.2, 0) is 19.1 Å². The number of ether oxygens (including phenoxy) is 3. The van der Waals surface area contributed by atoms with E-state index in [1.165, 1.54) is 0 Å². The monoisotopic (exact) mass is 467 g/mol. The summed E-state index contributed by atoms with van der Waals surface area (Å²) in [6, 6.07) is 18.1. The number of carbonyl (C=O) groups excluding carboxylic acids is 2. The summed E-state index contributed by atoms with van der Waals surface area (Å²) in [5, 5.41) is 9.59. The second-order valence-corrected chi connectivity index (χ2v) is 8.82. The summed E-state index contributed by atoms with van der Waals surface area (Å²) in [6.07, 6.45) is 1.14. The summed E-state index contributed by atoms with van der Waals surface area (Å²) in [6.45, 7) is 5.93. The summed E-state index contributed by atoms with van der Waals surface area (Å²) in [5.74, 6) is -0.764. The Bertz CT molecular complexity index is 1070. The van der Waals surface area contributed by atoms with Crippen molar-refractivity contribution in [2.75, 3.05) is 6.61 Å². The van der Waals surface area contributed by atoms with Gasteiger partial charge < -0.3 is 14.2 Å². The second-order valence-electron chi connectivity index (χ2n) is 8.41. The predicted octanol–water partition coefficient (Wildman–Crippen LogP) is 5.93. The lowest BCUT2D eigenvalue weighted by atomic mass is 10.1. The van der Waals surface area contributed by atoms with Crippen LogP contribution >= 0.6 is 11.6 Å². The van der Waals surface area contributed by atoms with E-state index < -0.39 is 29.4 Å². The number of carbonyl (C=O) groups is 2. The molecule has 0 spiro atoms. The van der Waals surface area contributed by atoms with Crippen molar-refractivity contribution in [3.05, 3.63) is 71.3 Å². The molecule has 1 aliphatic rings. The molecular formula is C26H26ClNO5. The van der Waals surface area contributed by atoms with Crippen LogP contribution < -0.4 is 4.74 Å². The molecule has 0 aliphatic heterocycles. The van der Waals surface area contributed by atoms with E-state index in [0.29, 0.717) is 23.5 Å². The molecule has 3 rings (SSSR count). The van der Waals surface area contributed by atoms with Gasteiger partial charge in [-0.3, -0.25) is 4.79 Å². The minimum atomic E-state index is -1.09. The van der Waals surface area contributed by atoms with Gasteiger partial charge in [0.1, 0.15) is 22.6 Å². The van der Waals surface area contributed by atoms with E-state index >= 15 is 0 Å². The number of benzene rings is 2. The summed E-state index contributed by atoms with van der Waals surface area (Å²) < 4.78 is 16.4. The van der Waals surface area contributed by atoms with Crippen molar-refractivity contribution in [2.24, 2.45) is 17.3 Å². The molecule has 0 radical (unpaired) electrons. The molecule has 33 heavy (non-hydrogen) atoms. The molecule has 3 atom stereocenters. The van der Waals surface area contributed by atoms with Crippen molar-refractivity contribution in [1.82, 2.24) is 0 Å². The molecule has 1 fully saturated rings. The highest BCUT2D eigenvalue weighted by atomic mass is 35.5. The van der Waals surface area contributed by atoms with Crippen molar-refractivity contribution >= 4 is 23.5 Å². The lowest BCUT2D eigenvalue weighted by Gasteiger charge is -2.13. The van der Waals surface area contributed by atoms with Crippen LogP contribution in [0.25, 0.3) is 0 Å². The van der Waals surface area contributed by atoms with Crippen LogP contribution in [0.15, 0.2) is 65.7 Å². The van der Waals surface area contributed by atoms with Gasteiger partial charge in [0.05, 0.1) is 12.5 Å². The molecule has 7 heteroatoms. The van der Waals surface area contributed by atoms with E-state index in [2.05, 4.69) is 0 Å². The quantitative estimate of drug-likeness (QED) is 0.335. The molecule has 0 bridgehead atoms. The Morgan fingerprint density at radius 1 is 1.15 bits per heavy atom. The molecule has 1 aliphatic carbocycles. The molecule has 6 nitrogen and oxygen atoms in total. The summed E-state index contributed by atoms with van der Waals surface area (Å²) in [4.78, 5) is 24.8. The number of para-hydroxylation sites is 1. The van der Waals surface area contributed by atoms with Crippen LogP contribution in [0.3, 0.4) is 0 Å². The number of hydrogen-bond donors (Lipinski definition) is 0. The van der Waals surface area contributed by atoms with Crippen LogP contribution in [-0.4, -0.2) is 18.5 Å². The average Bonchev–Trinajstić information content (AvgIpc) is 3.35. The Balaban J connectivity index is 1.68. The first-order valence-electron chi connectivity index (χ1n) is 10.7. The zero-order chi connectivity index (χ0) is 24.0. The smallest absolute Gasteiger partial charge is 0.349 e. The van der Waals surface area contributed by atoms with E-state index in [4.69, 9.17) is 25.8 Å². The lowest BCUT2D eigenvalue weighted by Crippen LogP contribution is -2.14. The maximum atomic E-state index is 12.9. The molecule has 0 N–H and O–H groups in total. The Hall–Kier alpha value is -3.30. The third kappa shape index (κ3) is 5.94. The van der Waals surface area contributed by atoms with Gasteiger partial charge in [0, 0.05) is 5.56 Å². The third-order valence-electron chi connectivity index (χ3n) is 5.61. The fourth-order valence-electron chi connectivity index (χ4n) is 3.65. The number of halogens is 1. The molecular weight excluding hydrogens is 442 g/mol. The molecule has 0 unspecified atom stereocenters. The zero-order valence-corrected chi connectivity index (χ0v) is 19.5. The Morgan fingerprint density at radius 2 is 1.85 bits per heavy atom. The van der Waals surface area contributed by atoms with Gasteiger partial charge in [-0.1, -0.05) is 68.8 Å². The normalized spacial score (nSPS) is 19.7. The van der Waals surface area contributed by atoms with Gasteiger partial charge in [-0.15, -0.1) is 0 Å². The molecule has 2 aromatic rings. The number of hydrogen-bond acceptors (Lipinski definition) is 6. The van der Waals surface area contributed by atoms with Crippen molar-refractivity contribution in [1.29, 1.82) is 5.26 Å². The summed E-state index contributed by atoms with van der Waals surface area (Å²) in [5.41, 5.74) is 0.0478. The average molecular weight is 468 g/mol. The standard InChI is InChI=1S/C26H26ClNO5/c1-4-13-31-24(29)21(27)15-20-23(26(20,2)3)25(30)33-22(16-28)17-9-8-12-19(14-17)32-18-10-6-5-7-11-18/h5-12,14-15,20,22-23H,4,13H2,1-3H3/b21-15-/t20-,22+,23-/m0/s1. The predicted molar refractivity (Wildman–Crippen MR) is 123 cm³/mol. The molecule has 0 aromatic heterocycles. The molecule has 0 heterocycles. The van der Waals surface area contributed by atoms with Crippen LogP contribution in [0.2, 0.25) is 0 Å². The van der Waals surface area contributed by atoms with Crippen LogP contribution in [0, 0.1) is 28.6 Å². The minimum Gasteiger partial charge on any atom is -0.461 e. The van der Waals surface area contributed by atoms with Crippen molar-refractivity contribution in [2.45, 2.75) is 33.3 Å². The largest absolute Gasteiger partial charge is 0.461 e. The number of rotatable bonds is 9. The Kier molecular flexibility index (Phi) is 7.78. The van der Waals surface area contributed by atoms with Gasteiger partial charge >= 0.3 is 11.9 Å².